The largest absolute Gasteiger partial charge is 0.396 e. The molecule has 0 aliphatic carbocycles. The first-order valence-corrected chi connectivity index (χ1v) is 7.64. The molecule has 0 saturated carbocycles. The lowest BCUT2D eigenvalue weighted by Crippen LogP contribution is -2.35. The van der Waals surface area contributed by atoms with Crippen LogP contribution in [0.3, 0.4) is 0 Å². The third-order valence-electron chi connectivity index (χ3n) is 4.42. The molecule has 22 heavy (non-hydrogen) atoms. The van der Waals surface area contributed by atoms with E-state index in [4.69, 9.17) is 0 Å². The van der Waals surface area contributed by atoms with Crippen LogP contribution < -0.4 is 10.9 Å². The Hall–Kier alpha value is -1.85. The number of nitrogens with zero attached hydrogens (tertiary/aromatic N) is 2. The molecular weight excluding hydrogens is 278 g/mol. The highest BCUT2D eigenvalue weighted by Gasteiger charge is 2.17. The summed E-state index contributed by atoms with van der Waals surface area (Å²) in [6, 6.07) is 9.78. The molecule has 1 heterocycles. The zero-order valence-electron chi connectivity index (χ0n) is 13.7. The minimum atomic E-state index is 0.00236. The fourth-order valence-corrected chi connectivity index (χ4v) is 2.45. The van der Waals surface area contributed by atoms with E-state index in [0.29, 0.717) is 6.54 Å². The lowest BCUT2D eigenvalue weighted by molar-refractivity contribution is 0.207. The lowest BCUT2D eigenvalue weighted by Gasteiger charge is -2.18. The van der Waals surface area contributed by atoms with Gasteiger partial charge in [-0.15, -0.1) is 0 Å². The van der Waals surface area contributed by atoms with Crippen molar-refractivity contribution in [2.24, 2.45) is 13.0 Å². The highest BCUT2D eigenvalue weighted by molar-refractivity contribution is 5.33. The second-order valence-electron chi connectivity index (χ2n) is 5.87. The molecular formula is C17H25N3O2. The molecule has 2 aromatic rings. The first kappa shape index (κ1) is 16.5. The van der Waals surface area contributed by atoms with Gasteiger partial charge in [0.2, 0.25) is 0 Å². The second kappa shape index (κ2) is 6.94. The average Bonchev–Trinajstić information content (AvgIpc) is 2.75. The van der Waals surface area contributed by atoms with E-state index in [2.05, 4.69) is 5.32 Å². The monoisotopic (exact) mass is 303 g/mol. The normalized spacial score (nSPS) is 14.0. The number of hydrogen-bond donors (Lipinski definition) is 2. The number of para-hydroxylation sites is 1. The lowest BCUT2D eigenvalue weighted by atomic mass is 10.0. The number of nitrogens with one attached hydrogen (secondary N) is 1. The van der Waals surface area contributed by atoms with E-state index in [9.17, 15) is 9.90 Å². The van der Waals surface area contributed by atoms with Crippen LogP contribution in [0.4, 0.5) is 0 Å². The Morgan fingerprint density at radius 3 is 2.45 bits per heavy atom. The topological polar surface area (TPSA) is 59.2 Å². The van der Waals surface area contributed by atoms with Crippen molar-refractivity contribution >= 4 is 0 Å². The van der Waals surface area contributed by atoms with Gasteiger partial charge in [-0.05, 0) is 31.9 Å². The molecule has 120 valence electrons. The predicted molar refractivity (Wildman–Crippen MR) is 88.3 cm³/mol. The molecule has 0 aliphatic rings. The van der Waals surface area contributed by atoms with E-state index >= 15 is 0 Å². The Kier molecular flexibility index (Phi) is 5.21. The van der Waals surface area contributed by atoms with E-state index < -0.39 is 0 Å². The predicted octanol–water partition coefficient (Wildman–Crippen LogP) is 1.59. The molecule has 0 amide bonds. The fourth-order valence-electron chi connectivity index (χ4n) is 2.45. The molecule has 0 spiro atoms. The average molecular weight is 303 g/mol. The molecule has 0 bridgehead atoms. The van der Waals surface area contributed by atoms with E-state index in [-0.39, 0.29) is 24.1 Å². The van der Waals surface area contributed by atoms with Crippen molar-refractivity contribution in [3.63, 3.8) is 0 Å². The van der Waals surface area contributed by atoms with Crippen LogP contribution >= 0.6 is 0 Å². The summed E-state index contributed by atoms with van der Waals surface area (Å²) in [6.07, 6.45) is 0. The maximum Gasteiger partial charge on any atom is 0.276 e. The Balaban J connectivity index is 2.29. The van der Waals surface area contributed by atoms with Gasteiger partial charge in [0, 0.05) is 31.9 Å². The van der Waals surface area contributed by atoms with Crippen molar-refractivity contribution in [3.8, 4) is 5.69 Å². The van der Waals surface area contributed by atoms with Crippen LogP contribution in [-0.4, -0.2) is 27.1 Å². The van der Waals surface area contributed by atoms with Gasteiger partial charge in [0.15, 0.2) is 0 Å². The van der Waals surface area contributed by atoms with Gasteiger partial charge in [-0.25, -0.2) is 4.68 Å². The number of benzene rings is 1. The summed E-state index contributed by atoms with van der Waals surface area (Å²) in [4.78, 5) is 12.7. The van der Waals surface area contributed by atoms with Crippen LogP contribution in [0.1, 0.15) is 25.1 Å². The van der Waals surface area contributed by atoms with Gasteiger partial charge in [-0.2, -0.15) is 0 Å². The zero-order valence-corrected chi connectivity index (χ0v) is 13.7. The molecule has 0 saturated heterocycles. The van der Waals surface area contributed by atoms with E-state index in [0.717, 1.165) is 16.9 Å². The van der Waals surface area contributed by atoms with Crippen molar-refractivity contribution in [2.75, 3.05) is 6.61 Å². The van der Waals surface area contributed by atoms with Crippen LogP contribution in [0.25, 0.3) is 5.69 Å². The summed E-state index contributed by atoms with van der Waals surface area (Å²) in [7, 11) is 1.90. The van der Waals surface area contributed by atoms with Gasteiger partial charge in [0.05, 0.1) is 11.3 Å². The second-order valence-corrected chi connectivity index (χ2v) is 5.87. The van der Waals surface area contributed by atoms with Crippen molar-refractivity contribution in [3.05, 3.63) is 51.9 Å². The van der Waals surface area contributed by atoms with Crippen LogP contribution in [0.15, 0.2) is 35.1 Å². The van der Waals surface area contributed by atoms with Gasteiger partial charge >= 0.3 is 0 Å². The summed E-state index contributed by atoms with van der Waals surface area (Å²) in [5.74, 6) is 0.153. The Morgan fingerprint density at radius 2 is 1.86 bits per heavy atom. The molecule has 2 atom stereocenters. The standard InChI is InChI=1S/C17H25N3O2/c1-12(11-21)13(2)18-10-16-14(3)19(4)20(17(16)22)15-8-6-5-7-9-15/h5-9,12-13,18,21H,10-11H2,1-4H3. The quantitative estimate of drug-likeness (QED) is 0.852. The van der Waals surface area contributed by atoms with Crippen molar-refractivity contribution in [2.45, 2.75) is 33.4 Å². The summed E-state index contributed by atoms with van der Waals surface area (Å²) in [5.41, 5.74) is 2.58. The summed E-state index contributed by atoms with van der Waals surface area (Å²) < 4.78 is 3.57. The highest BCUT2D eigenvalue weighted by atomic mass is 16.3. The zero-order chi connectivity index (χ0) is 16.3. The Morgan fingerprint density at radius 1 is 1.23 bits per heavy atom. The van der Waals surface area contributed by atoms with Gasteiger partial charge in [-0.1, -0.05) is 25.1 Å². The van der Waals surface area contributed by atoms with Crippen LogP contribution in [0.5, 0.6) is 0 Å². The van der Waals surface area contributed by atoms with Gasteiger partial charge in [-0.3, -0.25) is 9.48 Å². The van der Waals surface area contributed by atoms with Crippen LogP contribution in [0.2, 0.25) is 0 Å². The minimum Gasteiger partial charge on any atom is -0.396 e. The van der Waals surface area contributed by atoms with E-state index in [1.807, 2.05) is 62.8 Å². The smallest absolute Gasteiger partial charge is 0.276 e. The SMILES string of the molecule is Cc1c(CNC(C)C(C)CO)c(=O)n(-c2ccccc2)n1C. The fraction of sp³-hybridized carbons (Fsp3) is 0.471. The third kappa shape index (κ3) is 3.15. The van der Waals surface area contributed by atoms with Crippen molar-refractivity contribution < 1.29 is 5.11 Å². The van der Waals surface area contributed by atoms with Gasteiger partial charge in [0.25, 0.3) is 5.56 Å². The summed E-state index contributed by atoms with van der Waals surface area (Å²) in [6.45, 7) is 6.60. The number of rotatable bonds is 6. The molecule has 1 aromatic carbocycles. The van der Waals surface area contributed by atoms with Gasteiger partial charge < -0.3 is 10.4 Å². The maximum absolute atomic E-state index is 12.7. The maximum atomic E-state index is 12.7. The van der Waals surface area contributed by atoms with E-state index in [1.165, 1.54) is 0 Å². The first-order chi connectivity index (χ1) is 10.5. The van der Waals surface area contributed by atoms with Crippen molar-refractivity contribution in [1.82, 2.24) is 14.7 Å². The third-order valence-corrected chi connectivity index (χ3v) is 4.42. The molecule has 0 fully saturated rings. The van der Waals surface area contributed by atoms with E-state index in [1.54, 1.807) is 4.68 Å². The molecule has 5 nitrogen and oxygen atoms in total. The van der Waals surface area contributed by atoms with Crippen LogP contribution in [0, 0.1) is 12.8 Å². The number of aliphatic hydroxyl groups is 1. The number of aromatic nitrogens is 2. The molecule has 2 N–H and O–H groups in total. The molecule has 2 rings (SSSR count). The summed E-state index contributed by atoms with van der Waals surface area (Å²) in [5, 5.41) is 12.5. The van der Waals surface area contributed by atoms with Crippen LogP contribution in [-0.2, 0) is 13.6 Å². The van der Waals surface area contributed by atoms with Crippen molar-refractivity contribution in [1.29, 1.82) is 0 Å². The summed E-state index contributed by atoms with van der Waals surface area (Å²) >= 11 is 0. The Bertz CT molecular complexity index is 673. The number of aliphatic hydroxyl groups excluding tert-OH is 1. The minimum absolute atomic E-state index is 0.00236. The number of hydrogen-bond acceptors (Lipinski definition) is 3. The first-order valence-electron chi connectivity index (χ1n) is 7.64. The molecule has 5 heteroatoms. The molecule has 0 radical (unpaired) electrons. The Labute approximate surface area is 131 Å². The highest BCUT2D eigenvalue weighted by Crippen LogP contribution is 2.10. The molecule has 0 aliphatic heterocycles. The van der Waals surface area contributed by atoms with Gasteiger partial charge in [0.1, 0.15) is 0 Å². The molecule has 1 aromatic heterocycles. The molecule has 2 unspecified atom stereocenters.